The van der Waals surface area contributed by atoms with Crippen molar-refractivity contribution in [2.24, 2.45) is 4.99 Å². The Kier molecular flexibility index (Phi) is 4.40. The molecule has 144 valence electrons. The molecule has 3 aromatic rings. The third-order valence-electron chi connectivity index (χ3n) is 4.51. The number of carbonyl (C=O) groups excluding carboxylic acids is 1. The summed E-state index contributed by atoms with van der Waals surface area (Å²) >= 11 is 3.21. The topological polar surface area (TPSA) is 71.3 Å². The number of nitrogens with zero attached hydrogens (tertiary/aromatic N) is 2. The van der Waals surface area contributed by atoms with E-state index in [0.717, 1.165) is 34.0 Å². The average Bonchev–Trinajstić information content (AvgIpc) is 3.42. The van der Waals surface area contributed by atoms with Gasteiger partial charge < -0.3 is 23.5 Å². The molecule has 7 nitrogen and oxygen atoms in total. The summed E-state index contributed by atoms with van der Waals surface area (Å²) in [6, 6.07) is 9.01. The molecule has 0 unspecified atom stereocenters. The highest BCUT2D eigenvalue weighted by Crippen LogP contribution is 2.37. The molecule has 2 aliphatic heterocycles. The van der Waals surface area contributed by atoms with Crippen LogP contribution in [-0.4, -0.2) is 36.1 Å². The van der Waals surface area contributed by atoms with Gasteiger partial charge in [0.05, 0.1) is 10.2 Å². The quantitative estimate of drug-likeness (QED) is 0.650. The molecule has 2 aromatic carbocycles. The van der Waals surface area contributed by atoms with Crippen molar-refractivity contribution in [1.29, 1.82) is 0 Å². The maximum atomic E-state index is 12.8. The number of carbonyl (C=O) groups is 1. The average molecular weight is 416 g/mol. The van der Waals surface area contributed by atoms with Gasteiger partial charge in [0.1, 0.15) is 0 Å². The summed E-state index contributed by atoms with van der Waals surface area (Å²) in [5.41, 5.74) is 1.45. The van der Waals surface area contributed by atoms with Crippen molar-refractivity contribution in [2.45, 2.75) is 6.54 Å². The van der Waals surface area contributed by atoms with Crippen molar-refractivity contribution in [2.75, 3.05) is 25.6 Å². The van der Waals surface area contributed by atoms with Crippen molar-refractivity contribution >= 4 is 39.2 Å². The van der Waals surface area contributed by atoms with Crippen molar-refractivity contribution in [3.63, 3.8) is 0 Å². The second kappa shape index (κ2) is 7.06. The van der Waals surface area contributed by atoms with Gasteiger partial charge in [-0.05, 0) is 24.5 Å². The Morgan fingerprint density at radius 3 is 2.57 bits per heavy atom. The van der Waals surface area contributed by atoms with Gasteiger partial charge in [0.25, 0.3) is 5.91 Å². The highest BCUT2D eigenvalue weighted by atomic mass is 32.2. The lowest BCUT2D eigenvalue weighted by Gasteiger charge is -2.04. The Morgan fingerprint density at radius 1 is 1.07 bits per heavy atom. The summed E-state index contributed by atoms with van der Waals surface area (Å²) in [7, 11) is 0. The van der Waals surface area contributed by atoms with E-state index >= 15 is 0 Å². The normalized spacial score (nSPS) is 14.8. The summed E-state index contributed by atoms with van der Waals surface area (Å²) in [6.07, 6.45) is 2.05. The zero-order chi connectivity index (χ0) is 19.1. The Balaban J connectivity index is 1.59. The van der Waals surface area contributed by atoms with Gasteiger partial charge in [-0.1, -0.05) is 11.3 Å². The first-order chi connectivity index (χ1) is 13.7. The minimum absolute atomic E-state index is 0.171. The van der Waals surface area contributed by atoms with Gasteiger partial charge in [-0.15, -0.1) is 0 Å². The molecule has 0 aliphatic carbocycles. The molecule has 5 rings (SSSR count). The molecular weight excluding hydrogens is 400 g/mol. The molecule has 0 saturated carbocycles. The first-order valence-corrected chi connectivity index (χ1v) is 10.8. The standard InChI is InChI=1S/C19H16N2O5S2/c1-27-5-4-21-12-7-15-16(26-10-25-15)8-17(12)28-19(21)20-18(22)11-2-3-13-14(6-11)24-9-23-13/h2-3,6-8H,4-5,9-10H2,1H3. The number of fused-ring (bicyclic) bond motifs is 3. The molecule has 0 saturated heterocycles. The second-order valence-corrected chi connectivity index (χ2v) is 8.18. The zero-order valence-corrected chi connectivity index (χ0v) is 16.6. The number of aryl methyl sites for hydroxylation is 1. The van der Waals surface area contributed by atoms with Crippen molar-refractivity contribution < 1.29 is 23.7 Å². The van der Waals surface area contributed by atoms with Crippen LogP contribution in [0.3, 0.4) is 0 Å². The minimum Gasteiger partial charge on any atom is -0.454 e. The fraction of sp³-hybridized carbons (Fsp3) is 0.263. The molecule has 28 heavy (non-hydrogen) atoms. The second-order valence-electron chi connectivity index (χ2n) is 6.19. The highest BCUT2D eigenvalue weighted by Gasteiger charge is 2.19. The number of amides is 1. The first kappa shape index (κ1) is 17.4. The van der Waals surface area contributed by atoms with Crippen molar-refractivity contribution in [1.82, 2.24) is 4.57 Å². The molecule has 0 bridgehead atoms. The molecule has 0 spiro atoms. The number of hydrogen-bond donors (Lipinski definition) is 0. The molecule has 0 atom stereocenters. The smallest absolute Gasteiger partial charge is 0.279 e. The number of benzene rings is 2. The molecule has 0 fully saturated rings. The largest absolute Gasteiger partial charge is 0.454 e. The summed E-state index contributed by atoms with van der Waals surface area (Å²) < 4.78 is 24.7. The van der Waals surface area contributed by atoms with E-state index in [-0.39, 0.29) is 19.5 Å². The van der Waals surface area contributed by atoms with Crippen LogP contribution in [0, 0.1) is 0 Å². The minimum atomic E-state index is -0.317. The lowest BCUT2D eigenvalue weighted by atomic mass is 10.2. The predicted molar refractivity (Wildman–Crippen MR) is 107 cm³/mol. The fourth-order valence-electron chi connectivity index (χ4n) is 3.12. The van der Waals surface area contributed by atoms with E-state index < -0.39 is 0 Å². The van der Waals surface area contributed by atoms with E-state index in [1.54, 1.807) is 30.0 Å². The maximum absolute atomic E-state index is 12.8. The van der Waals surface area contributed by atoms with Crippen LogP contribution in [-0.2, 0) is 6.54 Å². The van der Waals surface area contributed by atoms with Gasteiger partial charge in [0.15, 0.2) is 27.8 Å². The van der Waals surface area contributed by atoms with E-state index in [9.17, 15) is 4.79 Å². The van der Waals surface area contributed by atoms with Crippen molar-refractivity contribution in [3.8, 4) is 23.0 Å². The van der Waals surface area contributed by atoms with Crippen LogP contribution >= 0.6 is 23.1 Å². The van der Waals surface area contributed by atoms with Crippen LogP contribution in [0.4, 0.5) is 0 Å². The van der Waals surface area contributed by atoms with Gasteiger partial charge in [-0.2, -0.15) is 16.8 Å². The van der Waals surface area contributed by atoms with E-state index in [0.29, 0.717) is 21.9 Å². The van der Waals surface area contributed by atoms with Gasteiger partial charge in [-0.3, -0.25) is 4.79 Å². The van der Waals surface area contributed by atoms with Gasteiger partial charge in [0.2, 0.25) is 13.6 Å². The molecule has 0 N–H and O–H groups in total. The molecule has 2 aliphatic rings. The summed E-state index contributed by atoms with van der Waals surface area (Å²) in [5.74, 6) is 3.24. The molecule has 1 amide bonds. The number of aromatic nitrogens is 1. The Hall–Kier alpha value is -2.65. The third kappa shape index (κ3) is 3.00. The van der Waals surface area contributed by atoms with Crippen LogP contribution in [0.2, 0.25) is 0 Å². The SMILES string of the molecule is CSCCn1c(=NC(=O)c2ccc3c(c2)OCO3)sc2cc3c(cc21)OCO3. The first-order valence-electron chi connectivity index (χ1n) is 8.63. The summed E-state index contributed by atoms with van der Waals surface area (Å²) in [4.78, 5) is 17.8. The number of thiazole rings is 1. The molecule has 0 radical (unpaired) electrons. The lowest BCUT2D eigenvalue weighted by Crippen LogP contribution is -2.18. The Labute approximate surface area is 168 Å². The highest BCUT2D eigenvalue weighted by molar-refractivity contribution is 7.98. The van der Waals surface area contributed by atoms with Crippen LogP contribution in [0.15, 0.2) is 35.3 Å². The van der Waals surface area contributed by atoms with Crippen LogP contribution < -0.4 is 23.7 Å². The molecule has 9 heteroatoms. The van der Waals surface area contributed by atoms with Crippen LogP contribution in [0.1, 0.15) is 10.4 Å². The van der Waals surface area contributed by atoms with Gasteiger partial charge >= 0.3 is 0 Å². The molecule has 3 heterocycles. The van der Waals surface area contributed by atoms with Gasteiger partial charge in [0, 0.05) is 30.0 Å². The number of rotatable bonds is 4. The Bertz CT molecular complexity index is 1150. The Morgan fingerprint density at radius 2 is 1.79 bits per heavy atom. The zero-order valence-electron chi connectivity index (χ0n) is 15.0. The predicted octanol–water partition coefficient (Wildman–Crippen LogP) is 3.26. The lowest BCUT2D eigenvalue weighted by molar-refractivity contribution is 0.0997. The monoisotopic (exact) mass is 416 g/mol. The van der Waals surface area contributed by atoms with E-state index in [1.165, 1.54) is 11.3 Å². The number of ether oxygens (including phenoxy) is 4. The van der Waals surface area contributed by atoms with E-state index in [4.69, 9.17) is 18.9 Å². The third-order valence-corrected chi connectivity index (χ3v) is 6.14. The number of hydrogen-bond acceptors (Lipinski definition) is 7. The van der Waals surface area contributed by atoms with Gasteiger partial charge in [-0.25, -0.2) is 0 Å². The van der Waals surface area contributed by atoms with E-state index in [1.807, 2.05) is 12.1 Å². The molecule has 1 aromatic heterocycles. The summed E-state index contributed by atoms with van der Waals surface area (Å²) in [6.45, 7) is 1.15. The fourth-order valence-corrected chi connectivity index (χ4v) is 4.55. The van der Waals surface area contributed by atoms with Crippen LogP contribution in [0.5, 0.6) is 23.0 Å². The van der Waals surface area contributed by atoms with E-state index in [2.05, 4.69) is 15.8 Å². The summed E-state index contributed by atoms with van der Waals surface area (Å²) in [5, 5.41) is 0. The van der Waals surface area contributed by atoms with Crippen molar-refractivity contribution in [3.05, 3.63) is 40.7 Å². The maximum Gasteiger partial charge on any atom is 0.279 e. The van der Waals surface area contributed by atoms with Crippen LogP contribution in [0.25, 0.3) is 10.2 Å². The molecular formula is C19H16N2O5S2. The number of thioether (sulfide) groups is 1.